The van der Waals surface area contributed by atoms with Crippen LogP contribution < -0.4 is 16.0 Å². The van der Waals surface area contributed by atoms with Crippen LogP contribution in [0.1, 0.15) is 11.7 Å². The molecule has 4 aromatic carbocycles. The summed E-state index contributed by atoms with van der Waals surface area (Å²) in [6.45, 7) is 0. The van der Waals surface area contributed by atoms with Crippen LogP contribution in [0.3, 0.4) is 0 Å². The van der Waals surface area contributed by atoms with E-state index in [1.165, 1.54) is 0 Å². The number of aliphatic imine (C=N–C) groups is 1. The average Bonchev–Trinajstić information content (AvgIpc) is 3.24. The molecule has 0 fully saturated rings. The van der Waals surface area contributed by atoms with Gasteiger partial charge in [0.2, 0.25) is 5.95 Å². The van der Waals surface area contributed by atoms with E-state index in [0.717, 1.165) is 33.7 Å². The Kier molecular flexibility index (Phi) is 4.54. The third kappa shape index (κ3) is 3.38. The van der Waals surface area contributed by atoms with E-state index < -0.39 is 0 Å². The van der Waals surface area contributed by atoms with Crippen molar-refractivity contribution in [3.8, 4) is 0 Å². The van der Waals surface area contributed by atoms with Crippen LogP contribution in [0.5, 0.6) is 0 Å². The molecular formula is C27H22N6. The molecule has 1 aliphatic heterocycles. The fourth-order valence-electron chi connectivity index (χ4n) is 4.34. The van der Waals surface area contributed by atoms with Crippen molar-refractivity contribution in [3.05, 3.63) is 115 Å². The van der Waals surface area contributed by atoms with Crippen LogP contribution in [0.25, 0.3) is 11.0 Å². The monoisotopic (exact) mass is 430 g/mol. The van der Waals surface area contributed by atoms with Crippen molar-refractivity contribution in [2.24, 2.45) is 10.7 Å². The molecule has 0 aliphatic carbocycles. The predicted molar refractivity (Wildman–Crippen MR) is 134 cm³/mol. The Labute approximate surface area is 191 Å². The zero-order valence-electron chi connectivity index (χ0n) is 17.8. The Balaban J connectivity index is 1.43. The van der Waals surface area contributed by atoms with Crippen molar-refractivity contribution in [1.29, 1.82) is 0 Å². The molecule has 6 nitrogen and oxygen atoms in total. The summed E-state index contributed by atoms with van der Waals surface area (Å²) in [7, 11) is 0. The van der Waals surface area contributed by atoms with Crippen molar-refractivity contribution in [2.45, 2.75) is 6.17 Å². The number of fused-ring (bicyclic) bond motifs is 3. The molecule has 2 heterocycles. The largest absolute Gasteiger partial charge is 0.370 e. The summed E-state index contributed by atoms with van der Waals surface area (Å²) < 4.78 is 2.09. The highest BCUT2D eigenvalue weighted by atomic mass is 15.4. The van der Waals surface area contributed by atoms with Gasteiger partial charge >= 0.3 is 0 Å². The maximum absolute atomic E-state index is 6.11. The van der Waals surface area contributed by atoms with Gasteiger partial charge in [0.15, 0.2) is 12.1 Å². The minimum Gasteiger partial charge on any atom is -0.370 e. The molecule has 1 aliphatic rings. The van der Waals surface area contributed by atoms with E-state index in [0.29, 0.717) is 11.9 Å². The second kappa shape index (κ2) is 7.84. The maximum Gasteiger partial charge on any atom is 0.212 e. The van der Waals surface area contributed by atoms with Gasteiger partial charge in [-0.15, -0.1) is 0 Å². The Morgan fingerprint density at radius 2 is 1.27 bits per heavy atom. The second-order valence-electron chi connectivity index (χ2n) is 7.91. The van der Waals surface area contributed by atoms with Gasteiger partial charge < -0.3 is 10.6 Å². The summed E-state index contributed by atoms with van der Waals surface area (Å²) in [5.74, 6) is 1.06. The van der Waals surface area contributed by atoms with E-state index in [9.17, 15) is 0 Å². The van der Waals surface area contributed by atoms with Crippen LogP contribution in [-0.4, -0.2) is 15.5 Å². The van der Waals surface area contributed by atoms with E-state index in [4.69, 9.17) is 10.7 Å². The smallest absolute Gasteiger partial charge is 0.212 e. The van der Waals surface area contributed by atoms with Crippen molar-refractivity contribution < 1.29 is 0 Å². The van der Waals surface area contributed by atoms with E-state index in [1.54, 1.807) is 0 Å². The fraction of sp³-hybridized carbons (Fsp3) is 0.0370. The number of guanidine groups is 1. The van der Waals surface area contributed by atoms with Gasteiger partial charge in [0.25, 0.3) is 0 Å². The Morgan fingerprint density at radius 1 is 0.697 bits per heavy atom. The molecule has 33 heavy (non-hydrogen) atoms. The number of rotatable bonds is 4. The molecule has 0 spiro atoms. The molecule has 6 rings (SSSR count). The molecule has 1 aromatic heterocycles. The van der Waals surface area contributed by atoms with Gasteiger partial charge in [-0.25, -0.2) is 9.98 Å². The van der Waals surface area contributed by atoms with Crippen molar-refractivity contribution in [1.82, 2.24) is 9.55 Å². The third-order valence-electron chi connectivity index (χ3n) is 5.82. The zero-order chi connectivity index (χ0) is 22.2. The van der Waals surface area contributed by atoms with E-state index in [2.05, 4.69) is 98.6 Å². The van der Waals surface area contributed by atoms with Crippen molar-refractivity contribution >= 4 is 40.0 Å². The molecule has 160 valence electrons. The number of aromatic nitrogens is 2. The lowest BCUT2D eigenvalue weighted by Crippen LogP contribution is -2.31. The summed E-state index contributed by atoms with van der Waals surface area (Å²) in [5.41, 5.74) is 12.3. The minimum atomic E-state index is -0.287. The van der Waals surface area contributed by atoms with Crippen LogP contribution in [0.4, 0.5) is 23.0 Å². The highest BCUT2D eigenvalue weighted by molar-refractivity contribution is 5.94. The minimum absolute atomic E-state index is 0.287. The molecule has 0 amide bonds. The summed E-state index contributed by atoms with van der Waals surface area (Å²) in [4.78, 5) is 11.6. The van der Waals surface area contributed by atoms with Crippen LogP contribution in [0, 0.1) is 0 Å². The lowest BCUT2D eigenvalue weighted by Gasteiger charge is -2.27. The quantitative estimate of drug-likeness (QED) is 0.378. The number of nitrogens with two attached hydrogens (primary N) is 1. The molecule has 0 bridgehead atoms. The number of anilines is 4. The number of nitrogens with zero attached hydrogens (tertiary/aromatic N) is 4. The highest BCUT2D eigenvalue weighted by Crippen LogP contribution is 2.37. The Bertz CT molecular complexity index is 1400. The van der Waals surface area contributed by atoms with Gasteiger partial charge in [-0.05, 0) is 54.1 Å². The topological polar surface area (TPSA) is 71.5 Å². The highest BCUT2D eigenvalue weighted by Gasteiger charge is 2.25. The first-order chi connectivity index (χ1) is 16.3. The standard InChI is InChI=1S/C27H22N6/c28-26-30-25(33-24-14-8-7-13-23(24)29-27(33)31-26)19-15-17-22(18-16-19)32(20-9-3-1-4-10-20)21-11-5-2-6-12-21/h1-18,25H,(H3,28,29,30,31)/t25-/m0/s1. The molecule has 1 atom stereocenters. The molecule has 6 heteroatoms. The lowest BCUT2D eigenvalue weighted by atomic mass is 10.1. The molecule has 0 unspecified atom stereocenters. The second-order valence-corrected chi connectivity index (χ2v) is 7.91. The van der Waals surface area contributed by atoms with Crippen molar-refractivity contribution in [3.63, 3.8) is 0 Å². The van der Waals surface area contributed by atoms with Crippen LogP contribution in [0.2, 0.25) is 0 Å². The molecule has 0 radical (unpaired) electrons. The normalized spacial score (nSPS) is 14.9. The molecule has 3 N–H and O–H groups in total. The first-order valence-corrected chi connectivity index (χ1v) is 10.9. The number of hydrogen-bond acceptors (Lipinski definition) is 5. The van der Waals surface area contributed by atoms with Crippen LogP contribution >= 0.6 is 0 Å². The number of hydrogen-bond donors (Lipinski definition) is 2. The lowest BCUT2D eigenvalue weighted by molar-refractivity contribution is 0.626. The maximum atomic E-state index is 6.11. The van der Waals surface area contributed by atoms with E-state index in [-0.39, 0.29) is 6.17 Å². The van der Waals surface area contributed by atoms with E-state index >= 15 is 0 Å². The first-order valence-electron chi connectivity index (χ1n) is 10.9. The Hall–Kier alpha value is -4.58. The number of imidazole rings is 1. The van der Waals surface area contributed by atoms with E-state index in [1.807, 2.05) is 30.3 Å². The summed E-state index contributed by atoms with van der Waals surface area (Å²) >= 11 is 0. The summed E-state index contributed by atoms with van der Waals surface area (Å²) in [6.07, 6.45) is -0.287. The molecule has 5 aromatic rings. The number of para-hydroxylation sites is 4. The van der Waals surface area contributed by atoms with Gasteiger partial charge in [0.05, 0.1) is 11.0 Å². The van der Waals surface area contributed by atoms with Crippen LogP contribution in [0.15, 0.2) is 114 Å². The summed E-state index contributed by atoms with van der Waals surface area (Å²) in [6, 6.07) is 37.2. The molecule has 0 saturated carbocycles. The number of nitrogens with one attached hydrogen (secondary N) is 1. The zero-order valence-corrected chi connectivity index (χ0v) is 17.8. The molecular weight excluding hydrogens is 408 g/mol. The van der Waals surface area contributed by atoms with Gasteiger partial charge in [-0.1, -0.05) is 60.7 Å². The first kappa shape index (κ1) is 19.1. The van der Waals surface area contributed by atoms with Crippen LogP contribution in [-0.2, 0) is 0 Å². The third-order valence-corrected chi connectivity index (χ3v) is 5.82. The Morgan fingerprint density at radius 3 is 1.94 bits per heavy atom. The average molecular weight is 431 g/mol. The van der Waals surface area contributed by atoms with Gasteiger partial charge in [-0.3, -0.25) is 9.88 Å². The number of benzene rings is 4. The van der Waals surface area contributed by atoms with Crippen molar-refractivity contribution in [2.75, 3.05) is 10.2 Å². The van der Waals surface area contributed by atoms with Gasteiger partial charge in [-0.2, -0.15) is 0 Å². The predicted octanol–water partition coefficient (Wildman–Crippen LogP) is 5.79. The van der Waals surface area contributed by atoms with Gasteiger partial charge in [0.1, 0.15) is 0 Å². The SMILES string of the molecule is NC1=N[C@H](c2ccc(N(c3ccccc3)c3ccccc3)cc2)n2c(nc3ccccc32)N1. The summed E-state index contributed by atoms with van der Waals surface area (Å²) in [5, 5.41) is 3.09. The van der Waals surface area contributed by atoms with Gasteiger partial charge in [0, 0.05) is 17.1 Å². The molecule has 0 saturated heterocycles. The fourth-order valence-corrected chi connectivity index (χ4v) is 4.34.